The molecule has 0 spiro atoms. The van der Waals surface area contributed by atoms with E-state index in [0.29, 0.717) is 12.3 Å². The van der Waals surface area contributed by atoms with Crippen LogP contribution >= 0.6 is 0 Å². The van der Waals surface area contributed by atoms with Crippen LogP contribution in [0, 0.1) is 28.1 Å². The maximum atomic E-state index is 12.0. The Balaban J connectivity index is 1.98. The van der Waals surface area contributed by atoms with E-state index in [0.717, 1.165) is 32.1 Å². The number of rotatable bonds is 3. The molecule has 5 nitrogen and oxygen atoms in total. The quantitative estimate of drug-likeness (QED) is 0.585. The van der Waals surface area contributed by atoms with Crippen molar-refractivity contribution < 1.29 is 25.2 Å². The molecule has 3 aliphatic rings. The minimum atomic E-state index is -1.09. The van der Waals surface area contributed by atoms with Gasteiger partial charge in [-0.15, -0.1) is 0 Å². The first-order chi connectivity index (χ1) is 11.6. The van der Waals surface area contributed by atoms with Crippen molar-refractivity contribution in [3.05, 3.63) is 11.6 Å². The Morgan fingerprint density at radius 3 is 2.52 bits per heavy atom. The number of allylic oxidation sites excluding steroid dienone is 1. The first-order valence-corrected chi connectivity index (χ1v) is 9.51. The van der Waals surface area contributed by atoms with Gasteiger partial charge in [-0.1, -0.05) is 25.5 Å². The average molecular weight is 352 g/mol. The summed E-state index contributed by atoms with van der Waals surface area (Å²) < 4.78 is 0. The second-order valence-corrected chi connectivity index (χ2v) is 9.25. The van der Waals surface area contributed by atoms with Gasteiger partial charge in [-0.25, -0.2) is 0 Å². The zero-order valence-electron chi connectivity index (χ0n) is 15.5. The Labute approximate surface area is 149 Å². The highest BCUT2D eigenvalue weighted by molar-refractivity contribution is 5.76. The monoisotopic (exact) mass is 352 g/mol. The molecular formula is C20H32O5. The van der Waals surface area contributed by atoms with Crippen molar-refractivity contribution in [2.75, 3.05) is 6.61 Å². The average Bonchev–Trinajstić information content (AvgIpc) is 2.57. The normalized spacial score (nSPS) is 48.1. The van der Waals surface area contributed by atoms with Crippen LogP contribution in [0.2, 0.25) is 0 Å². The van der Waals surface area contributed by atoms with Crippen LogP contribution < -0.4 is 0 Å². The lowest BCUT2D eigenvalue weighted by Crippen LogP contribution is -2.59. The summed E-state index contributed by atoms with van der Waals surface area (Å²) in [5, 5.41) is 39.9. The Morgan fingerprint density at radius 1 is 1.24 bits per heavy atom. The highest BCUT2D eigenvalue weighted by Gasteiger charge is 2.62. The van der Waals surface area contributed by atoms with Crippen molar-refractivity contribution in [2.45, 2.75) is 71.5 Å². The molecule has 2 fully saturated rings. The molecule has 0 aliphatic heterocycles. The van der Waals surface area contributed by atoms with E-state index in [1.165, 1.54) is 5.57 Å². The molecule has 2 saturated carbocycles. The summed E-state index contributed by atoms with van der Waals surface area (Å²) in [6.45, 7) is 5.68. The van der Waals surface area contributed by atoms with Crippen molar-refractivity contribution in [3.63, 3.8) is 0 Å². The number of hydrogen-bond donors (Lipinski definition) is 4. The summed E-state index contributed by atoms with van der Waals surface area (Å²) in [6, 6.07) is 0. The molecule has 4 N–H and O–H groups in total. The predicted molar refractivity (Wildman–Crippen MR) is 93.8 cm³/mol. The van der Waals surface area contributed by atoms with Crippen LogP contribution in [0.25, 0.3) is 0 Å². The summed E-state index contributed by atoms with van der Waals surface area (Å²) in [6.07, 6.45) is 5.22. The molecule has 5 heteroatoms. The lowest BCUT2D eigenvalue weighted by molar-refractivity contribution is -0.184. The van der Waals surface area contributed by atoms with Crippen LogP contribution in [0.3, 0.4) is 0 Å². The SMILES string of the molecule is C[C@]12CC[C@H](O)[C@@](C)(C(=O)O)C1CCC1=C[C@@](C)([C@@H](O)CO)CCC12. The number of hydrogen-bond acceptors (Lipinski definition) is 4. The van der Waals surface area contributed by atoms with Crippen molar-refractivity contribution in [3.8, 4) is 0 Å². The zero-order valence-corrected chi connectivity index (χ0v) is 15.5. The van der Waals surface area contributed by atoms with E-state index in [2.05, 4.69) is 13.0 Å². The number of carbonyl (C=O) groups is 1. The van der Waals surface area contributed by atoms with E-state index in [9.17, 15) is 25.2 Å². The number of carboxylic acids is 1. The van der Waals surface area contributed by atoms with E-state index < -0.39 is 29.0 Å². The molecule has 0 saturated heterocycles. The van der Waals surface area contributed by atoms with E-state index in [4.69, 9.17) is 0 Å². The minimum absolute atomic E-state index is 0.0458. The maximum Gasteiger partial charge on any atom is 0.312 e. The molecule has 0 bridgehead atoms. The van der Waals surface area contributed by atoms with E-state index in [1.54, 1.807) is 6.92 Å². The zero-order chi connectivity index (χ0) is 18.6. The van der Waals surface area contributed by atoms with Crippen LogP contribution in [-0.2, 0) is 4.79 Å². The first-order valence-electron chi connectivity index (χ1n) is 9.51. The maximum absolute atomic E-state index is 12.0. The Bertz CT molecular complexity index is 587. The fraction of sp³-hybridized carbons (Fsp3) is 0.850. The topological polar surface area (TPSA) is 98.0 Å². The molecule has 25 heavy (non-hydrogen) atoms. The fourth-order valence-corrected chi connectivity index (χ4v) is 6.20. The standard InChI is InChI=1S/C20H32O5/c1-18(16(23)11-21)8-6-13-12(10-18)4-5-14-19(13,2)9-7-15(22)20(14,3)17(24)25/h10,13-16,21-23H,4-9,11H2,1-3H3,(H,24,25)/t13?,14?,15-,16-,18-,19+,20-/m0/s1. The van der Waals surface area contributed by atoms with E-state index in [-0.39, 0.29) is 17.9 Å². The Kier molecular flexibility index (Phi) is 4.58. The molecule has 3 aliphatic carbocycles. The molecule has 0 amide bonds. The van der Waals surface area contributed by atoms with Gasteiger partial charge in [0.15, 0.2) is 0 Å². The number of aliphatic hydroxyl groups is 3. The Hall–Kier alpha value is -0.910. The number of carboxylic acid groups (broad SMARTS) is 1. The molecule has 2 unspecified atom stereocenters. The molecule has 0 aromatic carbocycles. The van der Waals surface area contributed by atoms with Gasteiger partial charge in [-0.2, -0.15) is 0 Å². The van der Waals surface area contributed by atoms with Gasteiger partial charge in [0.05, 0.1) is 24.2 Å². The van der Waals surface area contributed by atoms with Gasteiger partial charge in [0.1, 0.15) is 0 Å². The molecule has 3 rings (SSSR count). The largest absolute Gasteiger partial charge is 0.481 e. The van der Waals surface area contributed by atoms with Gasteiger partial charge in [0.25, 0.3) is 0 Å². The fourth-order valence-electron chi connectivity index (χ4n) is 6.20. The third-order valence-electron chi connectivity index (χ3n) is 8.02. The molecule has 0 aromatic heterocycles. The number of aliphatic hydroxyl groups excluding tert-OH is 3. The molecular weight excluding hydrogens is 320 g/mol. The lowest BCUT2D eigenvalue weighted by Gasteiger charge is -2.60. The summed E-state index contributed by atoms with van der Waals surface area (Å²) in [5.41, 5.74) is -0.330. The second kappa shape index (κ2) is 6.07. The summed E-state index contributed by atoms with van der Waals surface area (Å²) >= 11 is 0. The van der Waals surface area contributed by atoms with Gasteiger partial charge < -0.3 is 20.4 Å². The summed E-state index contributed by atoms with van der Waals surface area (Å²) in [4.78, 5) is 12.0. The highest BCUT2D eigenvalue weighted by Crippen LogP contribution is 2.64. The molecule has 7 atom stereocenters. The molecule has 0 aromatic rings. The van der Waals surface area contributed by atoms with E-state index >= 15 is 0 Å². The molecule has 0 radical (unpaired) electrons. The summed E-state index contributed by atoms with van der Waals surface area (Å²) in [5.74, 6) is -0.633. The number of fused-ring (bicyclic) bond motifs is 3. The third-order valence-corrected chi connectivity index (χ3v) is 8.02. The van der Waals surface area contributed by atoms with Crippen molar-refractivity contribution in [1.29, 1.82) is 0 Å². The van der Waals surface area contributed by atoms with Gasteiger partial charge in [0.2, 0.25) is 0 Å². The van der Waals surface area contributed by atoms with Gasteiger partial charge in [0, 0.05) is 5.41 Å². The number of aliphatic carboxylic acids is 1. The van der Waals surface area contributed by atoms with Crippen LogP contribution in [0.5, 0.6) is 0 Å². The lowest BCUT2D eigenvalue weighted by atomic mass is 9.44. The predicted octanol–water partition coefficient (Wildman–Crippen LogP) is 2.34. The van der Waals surface area contributed by atoms with Gasteiger partial charge >= 0.3 is 5.97 Å². The highest BCUT2D eigenvalue weighted by atomic mass is 16.4. The molecule has 142 valence electrons. The minimum Gasteiger partial charge on any atom is -0.481 e. The first kappa shape index (κ1) is 18.9. The van der Waals surface area contributed by atoms with Crippen LogP contribution in [0.4, 0.5) is 0 Å². The smallest absolute Gasteiger partial charge is 0.312 e. The molecule has 0 heterocycles. The van der Waals surface area contributed by atoms with Crippen molar-refractivity contribution >= 4 is 5.97 Å². The van der Waals surface area contributed by atoms with E-state index in [1.807, 2.05) is 6.92 Å². The van der Waals surface area contributed by atoms with Crippen LogP contribution in [0.15, 0.2) is 11.6 Å². The van der Waals surface area contributed by atoms with Crippen molar-refractivity contribution in [1.82, 2.24) is 0 Å². The second-order valence-electron chi connectivity index (χ2n) is 9.25. The van der Waals surface area contributed by atoms with Gasteiger partial charge in [-0.3, -0.25) is 4.79 Å². The van der Waals surface area contributed by atoms with Crippen molar-refractivity contribution in [2.24, 2.45) is 28.1 Å². The van der Waals surface area contributed by atoms with Gasteiger partial charge in [-0.05, 0) is 62.7 Å². The van der Waals surface area contributed by atoms with Crippen LogP contribution in [-0.4, -0.2) is 45.2 Å². The third kappa shape index (κ3) is 2.58. The Morgan fingerprint density at radius 2 is 1.92 bits per heavy atom. The summed E-state index contributed by atoms with van der Waals surface area (Å²) in [7, 11) is 0. The van der Waals surface area contributed by atoms with Crippen LogP contribution in [0.1, 0.15) is 59.3 Å².